The average molecular weight is 552 g/mol. The van der Waals surface area contributed by atoms with Gasteiger partial charge in [0.1, 0.15) is 11.5 Å². The number of H-pyrrole nitrogens is 1. The fourth-order valence-corrected chi connectivity index (χ4v) is 4.94. The van der Waals surface area contributed by atoms with E-state index in [1.165, 1.54) is 10.5 Å². The number of para-hydroxylation sites is 1. The number of amides is 2. The molecule has 1 fully saturated rings. The molecule has 208 valence electrons. The van der Waals surface area contributed by atoms with Gasteiger partial charge in [-0.2, -0.15) is 13.2 Å². The maximum Gasteiger partial charge on any atom is 0.416 e. The molecule has 0 unspecified atom stereocenters. The summed E-state index contributed by atoms with van der Waals surface area (Å²) in [5.74, 6) is -0.709. The van der Waals surface area contributed by atoms with E-state index in [0.29, 0.717) is 44.0 Å². The van der Waals surface area contributed by atoms with Gasteiger partial charge < -0.3 is 24.7 Å². The van der Waals surface area contributed by atoms with Crippen molar-refractivity contribution < 1.29 is 32.2 Å². The summed E-state index contributed by atoms with van der Waals surface area (Å²) >= 11 is 0. The van der Waals surface area contributed by atoms with Crippen LogP contribution in [0.1, 0.15) is 36.8 Å². The van der Waals surface area contributed by atoms with E-state index in [2.05, 4.69) is 10.3 Å². The van der Waals surface area contributed by atoms with E-state index in [-0.39, 0.29) is 17.4 Å². The van der Waals surface area contributed by atoms with Crippen molar-refractivity contribution in [1.29, 1.82) is 0 Å². The Balaban J connectivity index is 1.28. The summed E-state index contributed by atoms with van der Waals surface area (Å²) < 4.78 is 51.5. The van der Waals surface area contributed by atoms with Gasteiger partial charge in [-0.3, -0.25) is 9.59 Å². The SMILES string of the molecule is CCOc1ccc(Oc2ccc(C(F)(F)F)cc2NC(=O)C(=O)N2CCC(c3c[nH]c4ccccc34)CC2)cc1. The van der Waals surface area contributed by atoms with Crippen molar-refractivity contribution in [2.24, 2.45) is 0 Å². The molecule has 4 aromatic rings. The van der Waals surface area contributed by atoms with E-state index >= 15 is 0 Å². The van der Waals surface area contributed by atoms with Crippen LogP contribution in [0, 0.1) is 0 Å². The van der Waals surface area contributed by atoms with Crippen LogP contribution in [0.25, 0.3) is 10.9 Å². The minimum absolute atomic E-state index is 0.0312. The van der Waals surface area contributed by atoms with Gasteiger partial charge in [0.2, 0.25) is 0 Å². The molecule has 7 nitrogen and oxygen atoms in total. The van der Waals surface area contributed by atoms with E-state index in [1.807, 2.05) is 37.4 Å². The van der Waals surface area contributed by atoms with Crippen molar-refractivity contribution in [3.05, 3.63) is 84.1 Å². The van der Waals surface area contributed by atoms with E-state index in [9.17, 15) is 22.8 Å². The van der Waals surface area contributed by atoms with Gasteiger partial charge in [-0.15, -0.1) is 0 Å². The number of hydrogen-bond donors (Lipinski definition) is 2. The molecule has 0 aliphatic carbocycles. The zero-order valence-corrected chi connectivity index (χ0v) is 21.8. The maximum atomic E-state index is 13.4. The van der Waals surface area contributed by atoms with Crippen molar-refractivity contribution in [3.63, 3.8) is 0 Å². The number of nitrogens with one attached hydrogen (secondary N) is 2. The van der Waals surface area contributed by atoms with Gasteiger partial charge in [0.15, 0.2) is 5.75 Å². The fraction of sp³-hybridized carbons (Fsp3) is 0.267. The highest BCUT2D eigenvalue weighted by Crippen LogP contribution is 2.38. The second kappa shape index (κ2) is 11.3. The number of nitrogens with zero attached hydrogens (tertiary/aromatic N) is 1. The molecule has 10 heteroatoms. The highest BCUT2D eigenvalue weighted by atomic mass is 19.4. The number of alkyl halides is 3. The van der Waals surface area contributed by atoms with Gasteiger partial charge in [-0.05, 0) is 79.8 Å². The van der Waals surface area contributed by atoms with Crippen LogP contribution in [-0.2, 0) is 15.8 Å². The average Bonchev–Trinajstić information content (AvgIpc) is 3.38. The predicted molar refractivity (Wildman–Crippen MR) is 145 cm³/mol. The Morgan fingerprint density at radius 2 is 1.70 bits per heavy atom. The first kappa shape index (κ1) is 27.1. The molecule has 2 N–H and O–H groups in total. The molecule has 1 saturated heterocycles. The van der Waals surface area contributed by atoms with Crippen molar-refractivity contribution in [2.45, 2.75) is 31.9 Å². The van der Waals surface area contributed by atoms with Gasteiger partial charge in [-0.25, -0.2) is 0 Å². The summed E-state index contributed by atoms with van der Waals surface area (Å²) in [5.41, 5.74) is 0.983. The number of ether oxygens (including phenoxy) is 2. The number of aromatic nitrogens is 1. The largest absolute Gasteiger partial charge is 0.494 e. The Morgan fingerprint density at radius 3 is 2.40 bits per heavy atom. The Labute approximate surface area is 228 Å². The molecule has 1 aliphatic heterocycles. The lowest BCUT2D eigenvalue weighted by Gasteiger charge is -2.31. The lowest BCUT2D eigenvalue weighted by atomic mass is 9.89. The Morgan fingerprint density at radius 1 is 1.00 bits per heavy atom. The fourth-order valence-electron chi connectivity index (χ4n) is 4.94. The molecule has 0 radical (unpaired) electrons. The molecule has 3 aromatic carbocycles. The summed E-state index contributed by atoms with van der Waals surface area (Å²) in [5, 5.41) is 3.48. The Kier molecular flexibility index (Phi) is 7.68. The second-order valence-corrected chi connectivity index (χ2v) is 9.53. The van der Waals surface area contributed by atoms with Gasteiger partial charge in [0.25, 0.3) is 0 Å². The Bertz CT molecular complexity index is 1510. The molecule has 0 atom stereocenters. The molecule has 0 bridgehead atoms. The topological polar surface area (TPSA) is 83.7 Å². The summed E-state index contributed by atoms with van der Waals surface area (Å²) in [6.45, 7) is 3.03. The van der Waals surface area contributed by atoms with Gasteiger partial charge in [0, 0.05) is 30.2 Å². The lowest BCUT2D eigenvalue weighted by molar-refractivity contribution is -0.143. The number of likely N-dealkylation sites (tertiary alicyclic amines) is 1. The summed E-state index contributed by atoms with van der Waals surface area (Å²) in [7, 11) is 0. The molecule has 1 aliphatic rings. The number of piperidine rings is 1. The first-order valence-corrected chi connectivity index (χ1v) is 13.0. The standard InChI is InChI=1S/C30H28F3N3O4/c1-2-39-21-8-10-22(11-9-21)40-27-12-7-20(30(31,32)33)17-26(27)35-28(37)29(38)36-15-13-19(14-16-36)24-18-34-25-6-4-3-5-23(24)25/h3-12,17-19,34H,2,13-16H2,1H3,(H,35,37). The predicted octanol–water partition coefficient (Wildman–Crippen LogP) is 6.72. The van der Waals surface area contributed by atoms with E-state index in [4.69, 9.17) is 9.47 Å². The van der Waals surface area contributed by atoms with Crippen LogP contribution < -0.4 is 14.8 Å². The van der Waals surface area contributed by atoms with E-state index in [1.54, 1.807) is 24.3 Å². The minimum atomic E-state index is -4.65. The number of halogens is 3. The van der Waals surface area contributed by atoms with Crippen LogP contribution in [0.2, 0.25) is 0 Å². The quantitative estimate of drug-likeness (QED) is 0.261. The molecule has 1 aromatic heterocycles. The smallest absolute Gasteiger partial charge is 0.416 e. The second-order valence-electron chi connectivity index (χ2n) is 9.53. The van der Waals surface area contributed by atoms with Crippen LogP contribution in [0.4, 0.5) is 18.9 Å². The number of anilines is 1. The normalized spacial score (nSPS) is 14.2. The first-order valence-electron chi connectivity index (χ1n) is 13.0. The number of carbonyl (C=O) groups excluding carboxylic acids is 2. The number of rotatable bonds is 6. The number of fused-ring (bicyclic) bond motifs is 1. The molecule has 2 heterocycles. The van der Waals surface area contributed by atoms with Crippen LogP contribution in [-0.4, -0.2) is 41.4 Å². The molecule has 0 spiro atoms. The third-order valence-electron chi connectivity index (χ3n) is 6.96. The van der Waals surface area contributed by atoms with Crippen molar-refractivity contribution in [1.82, 2.24) is 9.88 Å². The monoisotopic (exact) mass is 551 g/mol. The molecule has 0 saturated carbocycles. The van der Waals surface area contributed by atoms with Crippen LogP contribution in [0.3, 0.4) is 0 Å². The van der Waals surface area contributed by atoms with Crippen LogP contribution in [0.5, 0.6) is 17.2 Å². The highest BCUT2D eigenvalue weighted by Gasteiger charge is 2.33. The third-order valence-corrected chi connectivity index (χ3v) is 6.96. The first-order chi connectivity index (χ1) is 19.2. The van der Waals surface area contributed by atoms with Gasteiger partial charge in [0.05, 0.1) is 17.9 Å². The highest BCUT2D eigenvalue weighted by molar-refractivity contribution is 6.39. The zero-order chi connectivity index (χ0) is 28.3. The number of aromatic amines is 1. The summed E-state index contributed by atoms with van der Waals surface area (Å²) in [6.07, 6.45) is -1.34. The van der Waals surface area contributed by atoms with Crippen LogP contribution in [0.15, 0.2) is 72.9 Å². The summed E-state index contributed by atoms with van der Waals surface area (Å²) in [6, 6.07) is 17.2. The minimum Gasteiger partial charge on any atom is -0.494 e. The number of benzene rings is 3. The van der Waals surface area contributed by atoms with Gasteiger partial charge in [-0.1, -0.05) is 18.2 Å². The molecule has 40 heavy (non-hydrogen) atoms. The molecular weight excluding hydrogens is 523 g/mol. The molecular formula is C30H28F3N3O4. The van der Waals surface area contributed by atoms with Gasteiger partial charge >= 0.3 is 18.0 Å². The third kappa shape index (κ3) is 5.90. The van der Waals surface area contributed by atoms with Crippen molar-refractivity contribution in [3.8, 4) is 17.2 Å². The number of carbonyl (C=O) groups is 2. The van der Waals surface area contributed by atoms with Crippen molar-refractivity contribution in [2.75, 3.05) is 25.0 Å². The van der Waals surface area contributed by atoms with E-state index < -0.39 is 23.6 Å². The Hall–Kier alpha value is -4.47. The maximum absolute atomic E-state index is 13.4. The zero-order valence-electron chi connectivity index (χ0n) is 21.8. The van der Waals surface area contributed by atoms with Crippen molar-refractivity contribution >= 4 is 28.4 Å². The molecule has 2 amide bonds. The summed E-state index contributed by atoms with van der Waals surface area (Å²) in [4.78, 5) is 30.6. The molecule has 5 rings (SSSR count). The van der Waals surface area contributed by atoms with E-state index in [0.717, 1.165) is 29.1 Å². The number of hydrogen-bond acceptors (Lipinski definition) is 4. The van der Waals surface area contributed by atoms with Crippen LogP contribution >= 0.6 is 0 Å². The lowest BCUT2D eigenvalue weighted by Crippen LogP contribution is -2.43.